The van der Waals surface area contributed by atoms with Crippen molar-refractivity contribution >= 4 is 23.4 Å². The molecule has 1 atom stereocenters. The fraction of sp³-hybridized carbons (Fsp3) is 0.100. The molecule has 80 valence electrons. The van der Waals surface area contributed by atoms with Gasteiger partial charge in [-0.3, -0.25) is 9.89 Å². The molecular formula is C10H8N4OS. The van der Waals surface area contributed by atoms with Crippen LogP contribution in [0.1, 0.15) is 10.8 Å². The third-order valence-corrected chi connectivity index (χ3v) is 3.49. The highest BCUT2D eigenvalue weighted by molar-refractivity contribution is 8.00. The number of amides is 1. The summed E-state index contributed by atoms with van der Waals surface area (Å²) >= 11 is 1.37. The van der Waals surface area contributed by atoms with Gasteiger partial charge in [0.25, 0.3) is 0 Å². The number of anilines is 1. The summed E-state index contributed by atoms with van der Waals surface area (Å²) in [7, 11) is 0. The van der Waals surface area contributed by atoms with Crippen LogP contribution in [0.15, 0.2) is 35.7 Å². The highest BCUT2D eigenvalue weighted by atomic mass is 32.2. The number of fused-ring (bicyclic) bond motifs is 1. The number of carbonyl (C=O) groups excluding carboxylic acids is 1. The molecule has 0 radical (unpaired) electrons. The lowest BCUT2D eigenvalue weighted by atomic mass is 10.2. The van der Waals surface area contributed by atoms with Crippen LogP contribution in [0.2, 0.25) is 0 Å². The second-order valence-electron chi connectivity index (χ2n) is 3.37. The van der Waals surface area contributed by atoms with Crippen molar-refractivity contribution < 1.29 is 4.79 Å². The highest BCUT2D eigenvalue weighted by Crippen LogP contribution is 2.41. The average Bonchev–Trinajstić information content (AvgIpc) is 2.89. The van der Waals surface area contributed by atoms with E-state index in [0.29, 0.717) is 5.16 Å². The lowest BCUT2D eigenvalue weighted by Crippen LogP contribution is -2.09. The van der Waals surface area contributed by atoms with Crippen LogP contribution in [0.5, 0.6) is 0 Å². The Morgan fingerprint density at radius 1 is 1.31 bits per heavy atom. The number of hydrogen-bond donors (Lipinski definition) is 2. The summed E-state index contributed by atoms with van der Waals surface area (Å²) < 4.78 is 0. The monoisotopic (exact) mass is 232 g/mol. The zero-order chi connectivity index (χ0) is 11.0. The minimum Gasteiger partial charge on any atom is -0.325 e. The lowest BCUT2D eigenvalue weighted by molar-refractivity contribution is -0.115. The Kier molecular flexibility index (Phi) is 2.14. The number of carbonyl (C=O) groups is 1. The molecule has 16 heavy (non-hydrogen) atoms. The number of nitrogens with one attached hydrogen (secondary N) is 2. The van der Waals surface area contributed by atoms with Crippen LogP contribution in [-0.2, 0) is 4.79 Å². The normalized spacial score (nSPS) is 18.2. The van der Waals surface area contributed by atoms with E-state index >= 15 is 0 Å². The fourth-order valence-electron chi connectivity index (χ4n) is 1.66. The fourth-order valence-corrected chi connectivity index (χ4v) is 2.59. The first-order valence-corrected chi connectivity index (χ1v) is 5.64. The maximum absolute atomic E-state index is 11.8. The van der Waals surface area contributed by atoms with Gasteiger partial charge < -0.3 is 5.32 Å². The number of nitrogens with zero attached hydrogens (tertiary/aromatic N) is 2. The average molecular weight is 232 g/mol. The smallest absolute Gasteiger partial charge is 0.242 e. The number of para-hydroxylation sites is 1. The van der Waals surface area contributed by atoms with Gasteiger partial charge in [0.05, 0.1) is 0 Å². The Bertz CT molecular complexity index is 525. The molecular weight excluding hydrogens is 224 g/mol. The van der Waals surface area contributed by atoms with Crippen molar-refractivity contribution in [3.8, 4) is 0 Å². The van der Waals surface area contributed by atoms with Gasteiger partial charge in [-0.2, -0.15) is 5.10 Å². The van der Waals surface area contributed by atoms with Crippen LogP contribution in [0, 0.1) is 0 Å². The predicted molar refractivity (Wildman–Crippen MR) is 60.1 cm³/mol. The minimum absolute atomic E-state index is 0.0115. The summed E-state index contributed by atoms with van der Waals surface area (Å²) in [4.78, 5) is 15.8. The first kappa shape index (κ1) is 9.41. The standard InChI is InChI=1S/C10H8N4OS/c15-9-8(16-10-11-5-12-14-10)6-3-1-2-4-7(6)13-9/h1-5,8H,(H,13,15)(H,11,12,14). The summed E-state index contributed by atoms with van der Waals surface area (Å²) in [5.74, 6) is -0.0115. The number of hydrogen-bond acceptors (Lipinski definition) is 4. The van der Waals surface area contributed by atoms with Crippen molar-refractivity contribution in [3.05, 3.63) is 36.2 Å². The van der Waals surface area contributed by atoms with Crippen molar-refractivity contribution in [2.24, 2.45) is 0 Å². The van der Waals surface area contributed by atoms with Crippen molar-refractivity contribution in [2.75, 3.05) is 5.32 Å². The molecule has 2 aromatic rings. The molecule has 1 aliphatic heterocycles. The van der Waals surface area contributed by atoms with Gasteiger partial charge in [-0.1, -0.05) is 30.0 Å². The first-order valence-electron chi connectivity index (χ1n) is 4.76. The van der Waals surface area contributed by atoms with Crippen molar-refractivity contribution in [2.45, 2.75) is 10.4 Å². The van der Waals surface area contributed by atoms with Crippen LogP contribution in [-0.4, -0.2) is 21.1 Å². The van der Waals surface area contributed by atoms with E-state index in [1.54, 1.807) is 0 Å². The molecule has 2 N–H and O–H groups in total. The molecule has 5 nitrogen and oxygen atoms in total. The number of aromatic amines is 1. The molecule has 0 fully saturated rings. The topological polar surface area (TPSA) is 70.7 Å². The minimum atomic E-state index is -0.246. The van der Waals surface area contributed by atoms with E-state index < -0.39 is 0 Å². The Balaban J connectivity index is 1.93. The molecule has 1 aromatic heterocycles. The third-order valence-electron chi connectivity index (χ3n) is 2.36. The van der Waals surface area contributed by atoms with Gasteiger partial charge in [0.1, 0.15) is 11.6 Å². The zero-order valence-electron chi connectivity index (χ0n) is 8.18. The number of thioether (sulfide) groups is 1. The van der Waals surface area contributed by atoms with Crippen molar-refractivity contribution in [3.63, 3.8) is 0 Å². The van der Waals surface area contributed by atoms with Gasteiger partial charge in [-0.05, 0) is 11.6 Å². The number of rotatable bonds is 2. The molecule has 0 saturated carbocycles. The summed E-state index contributed by atoms with van der Waals surface area (Å²) in [6.45, 7) is 0. The van der Waals surface area contributed by atoms with Crippen LogP contribution < -0.4 is 5.32 Å². The van der Waals surface area contributed by atoms with E-state index in [4.69, 9.17) is 0 Å². The predicted octanol–water partition coefficient (Wildman–Crippen LogP) is 1.59. The second kappa shape index (κ2) is 3.64. The van der Waals surface area contributed by atoms with Gasteiger partial charge >= 0.3 is 0 Å². The zero-order valence-corrected chi connectivity index (χ0v) is 8.99. The highest BCUT2D eigenvalue weighted by Gasteiger charge is 2.31. The number of benzene rings is 1. The molecule has 1 aliphatic rings. The molecule has 3 rings (SSSR count). The van der Waals surface area contributed by atoms with Crippen LogP contribution in [0.25, 0.3) is 0 Å². The van der Waals surface area contributed by atoms with Gasteiger partial charge in [-0.25, -0.2) is 4.98 Å². The third kappa shape index (κ3) is 1.47. The Hall–Kier alpha value is -1.82. The van der Waals surface area contributed by atoms with Gasteiger partial charge in [0, 0.05) is 5.69 Å². The summed E-state index contributed by atoms with van der Waals surface area (Å²) in [5.41, 5.74) is 1.87. The maximum Gasteiger partial charge on any atom is 0.242 e. The molecule has 0 aliphatic carbocycles. The summed E-state index contributed by atoms with van der Waals surface area (Å²) in [6, 6.07) is 7.67. The first-order chi connectivity index (χ1) is 7.84. The van der Waals surface area contributed by atoms with Gasteiger partial charge in [-0.15, -0.1) is 0 Å². The van der Waals surface area contributed by atoms with E-state index in [1.165, 1.54) is 18.1 Å². The molecule has 1 amide bonds. The van der Waals surface area contributed by atoms with E-state index in [9.17, 15) is 4.79 Å². The Morgan fingerprint density at radius 2 is 2.19 bits per heavy atom. The van der Waals surface area contributed by atoms with Crippen LogP contribution >= 0.6 is 11.8 Å². The summed E-state index contributed by atoms with van der Waals surface area (Å²) in [6.07, 6.45) is 1.43. The maximum atomic E-state index is 11.8. The van der Waals surface area contributed by atoms with Crippen LogP contribution in [0.4, 0.5) is 5.69 Å². The van der Waals surface area contributed by atoms with E-state index in [1.807, 2.05) is 24.3 Å². The number of aromatic nitrogens is 3. The summed E-state index contributed by atoms with van der Waals surface area (Å²) in [5, 5.41) is 9.74. The number of H-pyrrole nitrogens is 1. The lowest BCUT2D eigenvalue weighted by Gasteiger charge is -2.04. The molecule has 0 saturated heterocycles. The Labute approximate surface area is 95.7 Å². The molecule has 6 heteroatoms. The molecule has 0 bridgehead atoms. The van der Waals surface area contributed by atoms with Crippen molar-refractivity contribution in [1.82, 2.24) is 15.2 Å². The Morgan fingerprint density at radius 3 is 3.00 bits per heavy atom. The van der Waals surface area contributed by atoms with E-state index in [2.05, 4.69) is 20.5 Å². The molecule has 1 unspecified atom stereocenters. The van der Waals surface area contributed by atoms with E-state index in [-0.39, 0.29) is 11.2 Å². The van der Waals surface area contributed by atoms with Crippen LogP contribution in [0.3, 0.4) is 0 Å². The molecule has 0 spiro atoms. The SMILES string of the molecule is O=C1Nc2ccccc2C1Sc1ncn[nH]1. The molecule has 1 aromatic carbocycles. The van der Waals surface area contributed by atoms with Gasteiger partial charge in [0.2, 0.25) is 5.91 Å². The van der Waals surface area contributed by atoms with Gasteiger partial charge in [0.15, 0.2) is 5.16 Å². The van der Waals surface area contributed by atoms with Crippen molar-refractivity contribution in [1.29, 1.82) is 0 Å². The molecule has 2 heterocycles. The quantitative estimate of drug-likeness (QED) is 0.824. The van der Waals surface area contributed by atoms with E-state index in [0.717, 1.165) is 11.3 Å². The largest absolute Gasteiger partial charge is 0.325 e. The second-order valence-corrected chi connectivity index (χ2v) is 4.46.